The Hall–Kier alpha value is -1.50. The Bertz CT molecular complexity index is 405. The van der Waals surface area contributed by atoms with Gasteiger partial charge in [-0.1, -0.05) is 0 Å². The number of carbonyl (C=O) groups excluding carboxylic acids is 1. The van der Waals surface area contributed by atoms with E-state index in [4.69, 9.17) is 4.74 Å². The summed E-state index contributed by atoms with van der Waals surface area (Å²) in [6.07, 6.45) is 2.68. The smallest absolute Gasteiger partial charge is 0.407 e. The third kappa shape index (κ3) is 14.8. The van der Waals surface area contributed by atoms with Crippen molar-refractivity contribution in [1.29, 1.82) is 0 Å². The molecule has 0 rings (SSSR count). The summed E-state index contributed by atoms with van der Waals surface area (Å²) in [6.45, 7) is 16.1. The molecule has 1 amide bonds. The van der Waals surface area contributed by atoms with E-state index in [-0.39, 0.29) is 6.09 Å². The van der Waals surface area contributed by atoms with Gasteiger partial charge in [0.2, 0.25) is 0 Å². The van der Waals surface area contributed by atoms with Gasteiger partial charge in [0.05, 0.1) is 0 Å². The molecule has 0 aliphatic rings. The van der Waals surface area contributed by atoms with Crippen LogP contribution in [0.3, 0.4) is 0 Å². The SMILES string of the molecule is CCNC(=NCCCNC(=O)OC(C)(C)C)NCCCCN(C)C(C)C. The maximum Gasteiger partial charge on any atom is 0.407 e. The van der Waals surface area contributed by atoms with Crippen LogP contribution in [0.4, 0.5) is 4.79 Å². The van der Waals surface area contributed by atoms with Crippen molar-refractivity contribution in [3.8, 4) is 0 Å². The Balaban J connectivity index is 3.93. The van der Waals surface area contributed by atoms with Crippen LogP contribution in [0.2, 0.25) is 0 Å². The Kier molecular flexibility index (Phi) is 12.9. The van der Waals surface area contributed by atoms with Gasteiger partial charge in [0.15, 0.2) is 5.96 Å². The van der Waals surface area contributed by atoms with E-state index in [1.807, 2.05) is 20.8 Å². The highest BCUT2D eigenvalue weighted by molar-refractivity contribution is 5.79. The van der Waals surface area contributed by atoms with Crippen molar-refractivity contribution >= 4 is 12.1 Å². The van der Waals surface area contributed by atoms with E-state index in [9.17, 15) is 4.79 Å². The molecule has 0 aromatic carbocycles. The Morgan fingerprint density at radius 1 is 1.08 bits per heavy atom. The number of guanidine groups is 1. The topological polar surface area (TPSA) is 78.0 Å². The number of amides is 1. The number of hydrogen-bond donors (Lipinski definition) is 3. The summed E-state index contributed by atoms with van der Waals surface area (Å²) >= 11 is 0. The second-order valence-corrected chi connectivity index (χ2v) is 7.75. The second-order valence-electron chi connectivity index (χ2n) is 7.75. The number of nitrogens with zero attached hydrogens (tertiary/aromatic N) is 2. The zero-order valence-corrected chi connectivity index (χ0v) is 17.9. The first-order chi connectivity index (χ1) is 12.2. The Labute approximate surface area is 160 Å². The molecule has 0 saturated heterocycles. The number of nitrogens with one attached hydrogen (secondary N) is 3. The van der Waals surface area contributed by atoms with Gasteiger partial charge in [-0.3, -0.25) is 4.99 Å². The molecular formula is C19H41N5O2. The van der Waals surface area contributed by atoms with Crippen molar-refractivity contribution < 1.29 is 9.53 Å². The lowest BCUT2D eigenvalue weighted by Gasteiger charge is -2.20. The average molecular weight is 372 g/mol. The van der Waals surface area contributed by atoms with Crippen molar-refractivity contribution in [3.05, 3.63) is 0 Å². The third-order valence-electron chi connectivity index (χ3n) is 3.73. The number of carbonyl (C=O) groups is 1. The van der Waals surface area contributed by atoms with Crippen LogP contribution in [0.1, 0.15) is 60.8 Å². The van der Waals surface area contributed by atoms with E-state index < -0.39 is 5.60 Å². The molecule has 0 bridgehead atoms. The van der Waals surface area contributed by atoms with Gasteiger partial charge in [-0.15, -0.1) is 0 Å². The highest BCUT2D eigenvalue weighted by atomic mass is 16.6. The predicted molar refractivity (Wildman–Crippen MR) is 110 cm³/mol. The van der Waals surface area contributed by atoms with Crippen molar-refractivity contribution in [1.82, 2.24) is 20.9 Å². The third-order valence-corrected chi connectivity index (χ3v) is 3.73. The fraction of sp³-hybridized carbons (Fsp3) is 0.895. The molecule has 0 atom stereocenters. The van der Waals surface area contributed by atoms with Crippen LogP contribution < -0.4 is 16.0 Å². The summed E-state index contributed by atoms with van der Waals surface area (Å²) in [4.78, 5) is 18.4. The van der Waals surface area contributed by atoms with Crippen LogP contribution in [0.5, 0.6) is 0 Å². The maximum atomic E-state index is 11.6. The van der Waals surface area contributed by atoms with Crippen LogP contribution in [0, 0.1) is 0 Å². The van der Waals surface area contributed by atoms with E-state index in [0.717, 1.165) is 38.4 Å². The molecule has 0 saturated carbocycles. The van der Waals surface area contributed by atoms with Crippen molar-refractivity contribution in [2.45, 2.75) is 72.4 Å². The maximum absolute atomic E-state index is 11.6. The summed E-state index contributed by atoms with van der Waals surface area (Å²) in [6, 6.07) is 0.594. The lowest BCUT2D eigenvalue weighted by Crippen LogP contribution is -2.38. The monoisotopic (exact) mass is 371 g/mol. The Morgan fingerprint density at radius 2 is 1.73 bits per heavy atom. The molecule has 3 N–H and O–H groups in total. The van der Waals surface area contributed by atoms with Crippen LogP contribution in [-0.4, -0.2) is 68.4 Å². The van der Waals surface area contributed by atoms with Crippen LogP contribution in [-0.2, 0) is 4.74 Å². The predicted octanol–water partition coefficient (Wildman–Crippen LogP) is 2.58. The van der Waals surface area contributed by atoms with E-state index in [1.54, 1.807) is 0 Å². The molecule has 0 fully saturated rings. The molecule has 0 heterocycles. The quantitative estimate of drug-likeness (QED) is 0.296. The molecule has 7 heteroatoms. The molecule has 0 unspecified atom stereocenters. The molecule has 0 aromatic rings. The summed E-state index contributed by atoms with van der Waals surface area (Å²) < 4.78 is 5.20. The minimum Gasteiger partial charge on any atom is -0.444 e. The largest absolute Gasteiger partial charge is 0.444 e. The van der Waals surface area contributed by atoms with Gasteiger partial charge in [0, 0.05) is 32.2 Å². The van der Waals surface area contributed by atoms with Gasteiger partial charge in [-0.05, 0) is 74.4 Å². The van der Waals surface area contributed by atoms with E-state index >= 15 is 0 Å². The van der Waals surface area contributed by atoms with Crippen LogP contribution in [0.15, 0.2) is 4.99 Å². The van der Waals surface area contributed by atoms with Crippen molar-refractivity contribution in [2.24, 2.45) is 4.99 Å². The van der Waals surface area contributed by atoms with Gasteiger partial charge >= 0.3 is 6.09 Å². The lowest BCUT2D eigenvalue weighted by atomic mass is 10.2. The second kappa shape index (κ2) is 13.7. The number of alkyl carbamates (subject to hydrolysis) is 1. The van der Waals surface area contributed by atoms with Crippen LogP contribution >= 0.6 is 0 Å². The van der Waals surface area contributed by atoms with Crippen molar-refractivity contribution in [2.75, 3.05) is 39.8 Å². The number of rotatable bonds is 11. The standard InChI is InChI=1S/C19H41N5O2/c1-8-20-17(21-12-9-10-15-24(7)16(2)3)22-13-11-14-23-18(25)26-19(4,5)6/h16H,8-15H2,1-7H3,(H,23,25)(H2,20,21,22). The van der Waals surface area contributed by atoms with Gasteiger partial charge < -0.3 is 25.6 Å². The minimum atomic E-state index is -0.464. The molecule has 0 aliphatic heterocycles. The molecular weight excluding hydrogens is 330 g/mol. The lowest BCUT2D eigenvalue weighted by molar-refractivity contribution is 0.0527. The Morgan fingerprint density at radius 3 is 2.31 bits per heavy atom. The highest BCUT2D eigenvalue weighted by Crippen LogP contribution is 2.06. The van der Waals surface area contributed by atoms with Crippen LogP contribution in [0.25, 0.3) is 0 Å². The number of ether oxygens (including phenoxy) is 1. The van der Waals surface area contributed by atoms with Gasteiger partial charge in [-0.25, -0.2) is 4.79 Å². The first-order valence-corrected chi connectivity index (χ1v) is 9.85. The minimum absolute atomic E-state index is 0.377. The highest BCUT2D eigenvalue weighted by Gasteiger charge is 2.15. The molecule has 26 heavy (non-hydrogen) atoms. The normalized spacial score (nSPS) is 12.4. The average Bonchev–Trinajstić information content (AvgIpc) is 2.51. The molecule has 0 aliphatic carbocycles. The fourth-order valence-corrected chi connectivity index (χ4v) is 2.07. The zero-order chi connectivity index (χ0) is 20.0. The number of hydrogen-bond acceptors (Lipinski definition) is 4. The molecule has 0 radical (unpaired) electrons. The van der Waals surface area contributed by atoms with E-state index in [0.29, 0.717) is 19.1 Å². The molecule has 0 aromatic heterocycles. The van der Waals surface area contributed by atoms with E-state index in [1.165, 1.54) is 6.42 Å². The summed E-state index contributed by atoms with van der Waals surface area (Å²) in [7, 11) is 2.16. The fourth-order valence-electron chi connectivity index (χ4n) is 2.07. The zero-order valence-electron chi connectivity index (χ0n) is 17.9. The summed E-state index contributed by atoms with van der Waals surface area (Å²) in [5.74, 6) is 0.835. The summed E-state index contributed by atoms with van der Waals surface area (Å²) in [5.41, 5.74) is -0.464. The number of unbranched alkanes of at least 4 members (excludes halogenated alkanes) is 1. The van der Waals surface area contributed by atoms with Gasteiger partial charge in [0.25, 0.3) is 0 Å². The molecule has 0 spiro atoms. The van der Waals surface area contributed by atoms with E-state index in [2.05, 4.69) is 53.7 Å². The summed E-state index contributed by atoms with van der Waals surface area (Å²) in [5, 5.41) is 9.36. The molecule has 7 nitrogen and oxygen atoms in total. The van der Waals surface area contributed by atoms with Crippen molar-refractivity contribution in [3.63, 3.8) is 0 Å². The number of aliphatic imine (C=N–C) groups is 1. The van der Waals surface area contributed by atoms with Gasteiger partial charge in [0.1, 0.15) is 5.60 Å². The molecule has 154 valence electrons. The van der Waals surface area contributed by atoms with Gasteiger partial charge in [-0.2, -0.15) is 0 Å². The first-order valence-electron chi connectivity index (χ1n) is 9.85. The first kappa shape index (κ1) is 24.5.